The van der Waals surface area contributed by atoms with Gasteiger partial charge in [-0.1, -0.05) is 0 Å². The Labute approximate surface area is 67.5 Å². The third-order valence-electron chi connectivity index (χ3n) is 0.544. The average molecular weight is 164 g/mol. The number of hydrogen-bond acceptors (Lipinski definition) is 2. The summed E-state index contributed by atoms with van der Waals surface area (Å²) >= 11 is 0. The van der Waals surface area contributed by atoms with Crippen molar-refractivity contribution in [2.24, 2.45) is 0 Å². The van der Waals surface area contributed by atoms with Crippen LogP contribution in [0.3, 0.4) is 0 Å². The molecule has 0 rings (SSSR count). The van der Waals surface area contributed by atoms with Crippen LogP contribution >= 0.6 is 0 Å². The molecule has 0 fully saturated rings. The zero-order valence-corrected chi connectivity index (χ0v) is 9.97. The van der Waals surface area contributed by atoms with Gasteiger partial charge < -0.3 is 9.16 Å². The first-order valence-electron chi connectivity index (χ1n) is 3.60. The van der Waals surface area contributed by atoms with Gasteiger partial charge in [0.25, 0.3) is 0 Å². The maximum atomic E-state index is 5.25. The molecule has 0 aromatic rings. The summed E-state index contributed by atoms with van der Waals surface area (Å²) in [5.74, 6) is 0. The average Bonchev–Trinajstić information content (AvgIpc) is 1.62. The van der Waals surface area contributed by atoms with Gasteiger partial charge in [0.15, 0.2) is 0 Å². The zero-order valence-electron chi connectivity index (χ0n) is 7.97. The van der Waals surface area contributed by atoms with Crippen LogP contribution in [0.5, 0.6) is 0 Å². The molecule has 0 spiro atoms. The second-order valence-corrected chi connectivity index (χ2v) is 3.46. The van der Waals surface area contributed by atoms with Gasteiger partial charge in [-0.25, -0.2) is 0 Å². The number of rotatable bonds is 2. The summed E-state index contributed by atoms with van der Waals surface area (Å²) < 4.78 is 9.64. The maximum absolute atomic E-state index is 5.25. The number of ether oxygens (including phenoxy) is 1. The van der Waals surface area contributed by atoms with Gasteiger partial charge in [-0.15, -0.1) is 0 Å². The normalized spacial score (nSPS) is 9.90. The van der Waals surface area contributed by atoms with Gasteiger partial charge in [-0.2, -0.15) is 0 Å². The monoisotopic (exact) mass is 164 g/mol. The third-order valence-corrected chi connectivity index (χ3v) is 0.544. The van der Waals surface area contributed by atoms with Crippen LogP contribution in [0.4, 0.5) is 0 Å². The van der Waals surface area contributed by atoms with E-state index in [1.807, 2.05) is 27.7 Å². The van der Waals surface area contributed by atoms with Gasteiger partial charge >= 0.3 is 0 Å². The quantitative estimate of drug-likeness (QED) is 0.560. The Morgan fingerprint density at radius 3 is 1.20 bits per heavy atom. The molecule has 0 saturated carbocycles. The van der Waals surface area contributed by atoms with E-state index in [4.69, 9.17) is 4.74 Å². The summed E-state index contributed by atoms with van der Waals surface area (Å²) in [5, 5.41) is 0. The van der Waals surface area contributed by atoms with E-state index in [0.717, 1.165) is 10.5 Å². The van der Waals surface area contributed by atoms with Crippen molar-refractivity contribution in [2.75, 3.05) is 7.11 Å². The van der Waals surface area contributed by atoms with E-state index >= 15 is 0 Å². The molecule has 0 radical (unpaired) electrons. The maximum Gasteiger partial charge on any atom is 0.145 e. The molecule has 0 N–H and O–H groups in total. The molecule has 10 heavy (non-hydrogen) atoms. The molecule has 2 nitrogen and oxygen atoms in total. The Balaban J connectivity index is 0. The zero-order chi connectivity index (χ0) is 8.57. The van der Waals surface area contributed by atoms with Gasteiger partial charge in [0.05, 0.1) is 12.2 Å². The lowest BCUT2D eigenvalue weighted by atomic mass is 10.4. The Kier molecular flexibility index (Phi) is 11.7. The minimum absolute atomic E-state index is 0.375. The molecule has 0 amide bonds. The first kappa shape index (κ1) is 12.8. The van der Waals surface area contributed by atoms with E-state index in [9.17, 15) is 0 Å². The van der Waals surface area contributed by atoms with E-state index in [1.165, 1.54) is 0 Å². The van der Waals surface area contributed by atoms with Gasteiger partial charge in [0, 0.05) is 7.11 Å². The largest absolute Gasteiger partial charge is 0.431 e. The van der Waals surface area contributed by atoms with Crippen molar-refractivity contribution in [3.63, 3.8) is 0 Å². The summed E-state index contributed by atoms with van der Waals surface area (Å²) in [6.07, 6.45) is 0.750. The van der Waals surface area contributed by atoms with Crippen molar-refractivity contribution in [1.82, 2.24) is 0 Å². The second-order valence-electron chi connectivity index (χ2n) is 2.64. The summed E-state index contributed by atoms with van der Waals surface area (Å²) in [4.78, 5) is 0. The molecule has 3 heteroatoms. The third kappa shape index (κ3) is 24.2. The van der Waals surface area contributed by atoms with Gasteiger partial charge in [-0.3, -0.25) is 0 Å². The topological polar surface area (TPSA) is 18.5 Å². The summed E-state index contributed by atoms with van der Waals surface area (Å²) in [7, 11) is 2.56. The first-order chi connectivity index (χ1) is 4.54. The molecular formula is C7H20O2Si. The van der Waals surface area contributed by atoms with Crippen molar-refractivity contribution < 1.29 is 9.16 Å². The SMILES string of the molecule is CC(C)OC(C)C.CO[SiH3]. The van der Waals surface area contributed by atoms with E-state index in [2.05, 4.69) is 4.43 Å². The fraction of sp³-hybridized carbons (Fsp3) is 1.00. The van der Waals surface area contributed by atoms with Crippen LogP contribution in [0.15, 0.2) is 0 Å². The molecule has 0 saturated heterocycles. The summed E-state index contributed by atoms with van der Waals surface area (Å²) in [6.45, 7) is 8.17. The second kappa shape index (κ2) is 9.14. The Hall–Kier alpha value is 0.137. The van der Waals surface area contributed by atoms with Crippen molar-refractivity contribution in [3.8, 4) is 0 Å². The standard InChI is InChI=1S/C6H14O.CH6OSi/c1-5(2)7-6(3)4;1-2-3/h5-6H,1-4H3;1,3H3. The fourth-order valence-electron chi connectivity index (χ4n) is 0.544. The predicted octanol–water partition coefficient (Wildman–Crippen LogP) is 0.733. The predicted molar refractivity (Wildman–Crippen MR) is 48.3 cm³/mol. The highest BCUT2D eigenvalue weighted by molar-refractivity contribution is 5.97. The molecule has 0 aliphatic carbocycles. The van der Waals surface area contributed by atoms with Crippen LogP contribution in [-0.4, -0.2) is 29.8 Å². The molecule has 0 atom stereocenters. The lowest BCUT2D eigenvalue weighted by Crippen LogP contribution is -2.09. The lowest BCUT2D eigenvalue weighted by molar-refractivity contribution is 0.0300. The van der Waals surface area contributed by atoms with Crippen LogP contribution < -0.4 is 0 Å². The highest BCUT2D eigenvalue weighted by Crippen LogP contribution is 1.93. The van der Waals surface area contributed by atoms with Gasteiger partial charge in [0.1, 0.15) is 10.5 Å². The Bertz CT molecular complexity index is 49.6. The van der Waals surface area contributed by atoms with E-state index in [1.54, 1.807) is 7.11 Å². The van der Waals surface area contributed by atoms with Crippen molar-refractivity contribution in [1.29, 1.82) is 0 Å². The van der Waals surface area contributed by atoms with E-state index in [0.29, 0.717) is 12.2 Å². The van der Waals surface area contributed by atoms with Crippen LogP contribution in [0.2, 0.25) is 0 Å². The number of hydrogen-bond donors (Lipinski definition) is 0. The van der Waals surface area contributed by atoms with E-state index < -0.39 is 0 Å². The molecular weight excluding hydrogens is 144 g/mol. The van der Waals surface area contributed by atoms with Gasteiger partial charge in [0.2, 0.25) is 0 Å². The summed E-state index contributed by atoms with van der Waals surface area (Å²) in [5.41, 5.74) is 0. The van der Waals surface area contributed by atoms with E-state index in [-0.39, 0.29) is 0 Å². The fourth-order valence-corrected chi connectivity index (χ4v) is 0.544. The van der Waals surface area contributed by atoms with Crippen LogP contribution in [0.1, 0.15) is 27.7 Å². The first-order valence-corrected chi connectivity index (χ1v) is 4.41. The summed E-state index contributed by atoms with van der Waals surface area (Å²) in [6, 6.07) is 0. The van der Waals surface area contributed by atoms with Crippen molar-refractivity contribution in [3.05, 3.63) is 0 Å². The molecule has 0 aliphatic heterocycles. The molecule has 64 valence electrons. The van der Waals surface area contributed by atoms with Crippen LogP contribution in [0.25, 0.3) is 0 Å². The minimum atomic E-state index is 0.375. The highest BCUT2D eigenvalue weighted by Gasteiger charge is 1.94. The Morgan fingerprint density at radius 2 is 1.20 bits per heavy atom. The smallest absolute Gasteiger partial charge is 0.145 e. The highest BCUT2D eigenvalue weighted by atomic mass is 28.2. The molecule has 0 aromatic heterocycles. The Morgan fingerprint density at radius 1 is 1.00 bits per heavy atom. The molecule has 0 bridgehead atoms. The van der Waals surface area contributed by atoms with Crippen molar-refractivity contribution in [2.45, 2.75) is 39.9 Å². The van der Waals surface area contributed by atoms with Crippen LogP contribution in [0, 0.1) is 0 Å². The molecule has 0 aliphatic rings. The minimum Gasteiger partial charge on any atom is -0.431 e. The molecule has 0 unspecified atom stereocenters. The van der Waals surface area contributed by atoms with Crippen molar-refractivity contribution >= 4 is 10.5 Å². The van der Waals surface area contributed by atoms with Crippen LogP contribution in [-0.2, 0) is 9.16 Å². The van der Waals surface area contributed by atoms with Gasteiger partial charge in [-0.05, 0) is 27.7 Å². The molecule has 0 aromatic carbocycles. The molecule has 0 heterocycles. The lowest BCUT2D eigenvalue weighted by Gasteiger charge is -2.09.